The molecule has 2 rings (SSSR count). The lowest BCUT2D eigenvalue weighted by Crippen LogP contribution is -2.35. The van der Waals surface area contributed by atoms with Crippen molar-refractivity contribution in [2.24, 2.45) is 5.73 Å². The topological polar surface area (TPSA) is 70.3 Å². The van der Waals surface area contributed by atoms with Crippen LogP contribution in [0, 0.1) is 0 Å². The summed E-state index contributed by atoms with van der Waals surface area (Å²) in [6.07, 6.45) is 5.67. The van der Waals surface area contributed by atoms with Crippen molar-refractivity contribution >= 4 is 0 Å². The standard InChI is InChI=1S/C12H19N3O2/c1-8-3-11(4-9(2)16-8)17-12-7-14-6-10(5-13)15-12/h6-9,11H,3-5,13H2,1-2H3. The maximum absolute atomic E-state index is 5.83. The zero-order valence-corrected chi connectivity index (χ0v) is 10.3. The molecule has 2 N–H and O–H groups in total. The fourth-order valence-corrected chi connectivity index (χ4v) is 2.15. The van der Waals surface area contributed by atoms with Crippen molar-refractivity contribution in [2.45, 2.75) is 51.5 Å². The van der Waals surface area contributed by atoms with Crippen LogP contribution in [0.5, 0.6) is 5.88 Å². The highest BCUT2D eigenvalue weighted by Crippen LogP contribution is 2.22. The number of nitrogens with zero attached hydrogens (tertiary/aromatic N) is 2. The molecule has 17 heavy (non-hydrogen) atoms. The molecule has 0 spiro atoms. The molecule has 94 valence electrons. The van der Waals surface area contributed by atoms with Crippen LogP contribution >= 0.6 is 0 Å². The fourth-order valence-electron chi connectivity index (χ4n) is 2.15. The van der Waals surface area contributed by atoms with Gasteiger partial charge in [0.2, 0.25) is 5.88 Å². The molecule has 1 aromatic heterocycles. The van der Waals surface area contributed by atoms with Crippen LogP contribution in [0.3, 0.4) is 0 Å². The average Bonchev–Trinajstić information content (AvgIpc) is 2.28. The van der Waals surface area contributed by atoms with Crippen molar-refractivity contribution in [3.8, 4) is 5.88 Å². The lowest BCUT2D eigenvalue weighted by Gasteiger charge is -2.31. The van der Waals surface area contributed by atoms with Gasteiger partial charge in [-0.2, -0.15) is 0 Å². The fraction of sp³-hybridized carbons (Fsp3) is 0.667. The number of rotatable bonds is 3. The molecule has 0 bridgehead atoms. The second-order valence-corrected chi connectivity index (χ2v) is 4.52. The number of hydrogen-bond donors (Lipinski definition) is 1. The maximum atomic E-state index is 5.83. The quantitative estimate of drug-likeness (QED) is 0.857. The SMILES string of the molecule is CC1CC(Oc2cncc(CN)n2)CC(C)O1. The molecule has 5 heteroatoms. The molecule has 0 amide bonds. The molecule has 2 atom stereocenters. The van der Waals surface area contributed by atoms with E-state index in [2.05, 4.69) is 23.8 Å². The van der Waals surface area contributed by atoms with E-state index in [1.165, 1.54) is 0 Å². The molecule has 2 heterocycles. The molecule has 1 aliphatic heterocycles. The summed E-state index contributed by atoms with van der Waals surface area (Å²) >= 11 is 0. The Hall–Kier alpha value is -1.20. The van der Waals surface area contributed by atoms with Crippen molar-refractivity contribution in [3.05, 3.63) is 18.1 Å². The first kappa shape index (κ1) is 12.3. The Morgan fingerprint density at radius 2 is 2.06 bits per heavy atom. The number of nitrogens with two attached hydrogens (primary N) is 1. The van der Waals surface area contributed by atoms with E-state index >= 15 is 0 Å². The van der Waals surface area contributed by atoms with E-state index in [4.69, 9.17) is 15.2 Å². The first-order valence-corrected chi connectivity index (χ1v) is 6.00. The summed E-state index contributed by atoms with van der Waals surface area (Å²) in [6, 6.07) is 0. The van der Waals surface area contributed by atoms with Gasteiger partial charge in [-0.3, -0.25) is 4.98 Å². The van der Waals surface area contributed by atoms with Gasteiger partial charge in [-0.25, -0.2) is 4.98 Å². The Labute approximate surface area is 101 Å². The van der Waals surface area contributed by atoms with E-state index in [9.17, 15) is 0 Å². The van der Waals surface area contributed by atoms with Gasteiger partial charge in [0.15, 0.2) is 0 Å². The lowest BCUT2D eigenvalue weighted by atomic mass is 10.0. The normalized spacial score (nSPS) is 29.0. The second-order valence-electron chi connectivity index (χ2n) is 4.52. The van der Waals surface area contributed by atoms with E-state index < -0.39 is 0 Å². The van der Waals surface area contributed by atoms with Gasteiger partial charge in [-0.15, -0.1) is 0 Å². The van der Waals surface area contributed by atoms with Crippen molar-refractivity contribution < 1.29 is 9.47 Å². The van der Waals surface area contributed by atoms with Crippen LogP contribution in [-0.4, -0.2) is 28.3 Å². The lowest BCUT2D eigenvalue weighted by molar-refractivity contribution is -0.0730. The number of hydrogen-bond acceptors (Lipinski definition) is 5. The highest BCUT2D eigenvalue weighted by molar-refractivity contribution is 5.08. The monoisotopic (exact) mass is 237 g/mol. The average molecular weight is 237 g/mol. The van der Waals surface area contributed by atoms with Crippen LogP contribution in [0.15, 0.2) is 12.4 Å². The molecule has 0 aliphatic carbocycles. The third-order valence-electron chi connectivity index (χ3n) is 2.81. The maximum Gasteiger partial charge on any atom is 0.232 e. The molecular weight excluding hydrogens is 218 g/mol. The smallest absolute Gasteiger partial charge is 0.232 e. The van der Waals surface area contributed by atoms with Crippen LogP contribution in [0.2, 0.25) is 0 Å². The third-order valence-corrected chi connectivity index (χ3v) is 2.81. The summed E-state index contributed by atoms with van der Waals surface area (Å²) in [5.41, 5.74) is 6.26. The van der Waals surface area contributed by atoms with E-state index in [0.29, 0.717) is 12.4 Å². The van der Waals surface area contributed by atoms with Crippen molar-refractivity contribution in [2.75, 3.05) is 0 Å². The predicted molar refractivity (Wildman–Crippen MR) is 63.6 cm³/mol. The second kappa shape index (κ2) is 5.42. The Morgan fingerprint density at radius 1 is 1.35 bits per heavy atom. The van der Waals surface area contributed by atoms with E-state index in [1.807, 2.05) is 0 Å². The van der Waals surface area contributed by atoms with E-state index in [1.54, 1.807) is 12.4 Å². The highest BCUT2D eigenvalue weighted by Gasteiger charge is 2.26. The van der Waals surface area contributed by atoms with Gasteiger partial charge < -0.3 is 15.2 Å². The van der Waals surface area contributed by atoms with E-state index in [0.717, 1.165) is 18.5 Å². The minimum atomic E-state index is 0.149. The van der Waals surface area contributed by atoms with Gasteiger partial charge in [0, 0.05) is 25.6 Å². The molecule has 0 aromatic carbocycles. The molecule has 1 aliphatic rings. The molecule has 2 unspecified atom stereocenters. The van der Waals surface area contributed by atoms with Gasteiger partial charge in [0.1, 0.15) is 6.10 Å². The summed E-state index contributed by atoms with van der Waals surface area (Å²) in [4.78, 5) is 8.35. The van der Waals surface area contributed by atoms with Crippen LogP contribution in [-0.2, 0) is 11.3 Å². The number of aromatic nitrogens is 2. The summed E-state index contributed by atoms with van der Waals surface area (Å²) in [6.45, 7) is 4.51. The third kappa shape index (κ3) is 3.38. The van der Waals surface area contributed by atoms with Crippen LogP contribution < -0.4 is 10.5 Å². The van der Waals surface area contributed by atoms with E-state index in [-0.39, 0.29) is 18.3 Å². The van der Waals surface area contributed by atoms with Crippen LogP contribution in [0.1, 0.15) is 32.4 Å². The zero-order valence-electron chi connectivity index (χ0n) is 10.3. The Kier molecular flexibility index (Phi) is 3.91. The molecule has 1 saturated heterocycles. The predicted octanol–water partition coefficient (Wildman–Crippen LogP) is 1.27. The molecule has 5 nitrogen and oxygen atoms in total. The molecule has 1 fully saturated rings. The van der Waals surface area contributed by atoms with Crippen molar-refractivity contribution in [3.63, 3.8) is 0 Å². The van der Waals surface area contributed by atoms with Gasteiger partial charge in [0.25, 0.3) is 0 Å². The first-order valence-electron chi connectivity index (χ1n) is 6.00. The van der Waals surface area contributed by atoms with Gasteiger partial charge in [0.05, 0.1) is 24.1 Å². The molecule has 0 radical (unpaired) electrons. The molecule has 0 saturated carbocycles. The minimum Gasteiger partial charge on any atom is -0.473 e. The molecule has 1 aromatic rings. The highest BCUT2D eigenvalue weighted by atomic mass is 16.5. The minimum absolute atomic E-state index is 0.149. The Balaban J connectivity index is 1.99. The van der Waals surface area contributed by atoms with Crippen molar-refractivity contribution in [1.82, 2.24) is 9.97 Å². The zero-order chi connectivity index (χ0) is 12.3. The summed E-state index contributed by atoms with van der Waals surface area (Å²) in [7, 11) is 0. The van der Waals surface area contributed by atoms with Gasteiger partial charge >= 0.3 is 0 Å². The Bertz CT molecular complexity index is 363. The first-order chi connectivity index (χ1) is 8.17. The van der Waals surface area contributed by atoms with Gasteiger partial charge in [-0.05, 0) is 13.8 Å². The number of ether oxygens (including phenoxy) is 2. The van der Waals surface area contributed by atoms with Gasteiger partial charge in [-0.1, -0.05) is 0 Å². The van der Waals surface area contributed by atoms with Crippen LogP contribution in [0.25, 0.3) is 0 Å². The summed E-state index contributed by atoms with van der Waals surface area (Å²) in [5, 5.41) is 0. The Morgan fingerprint density at radius 3 is 2.71 bits per heavy atom. The van der Waals surface area contributed by atoms with Crippen LogP contribution in [0.4, 0.5) is 0 Å². The molecular formula is C12H19N3O2. The largest absolute Gasteiger partial charge is 0.473 e. The van der Waals surface area contributed by atoms with Crippen molar-refractivity contribution in [1.29, 1.82) is 0 Å². The summed E-state index contributed by atoms with van der Waals surface area (Å²) < 4.78 is 11.5. The summed E-state index contributed by atoms with van der Waals surface area (Å²) in [5.74, 6) is 0.555.